The Bertz CT molecular complexity index is 652. The van der Waals surface area contributed by atoms with Crippen LogP contribution in [0.5, 0.6) is 0 Å². The number of aliphatic hydroxyl groups is 1. The zero-order valence-corrected chi connectivity index (χ0v) is 13.0. The molecule has 0 radical (unpaired) electrons. The van der Waals surface area contributed by atoms with E-state index in [9.17, 15) is 5.11 Å². The number of rotatable bonds is 4. The van der Waals surface area contributed by atoms with E-state index >= 15 is 0 Å². The van der Waals surface area contributed by atoms with Gasteiger partial charge in [-0.2, -0.15) is 0 Å². The Morgan fingerprint density at radius 2 is 2.30 bits per heavy atom. The van der Waals surface area contributed by atoms with E-state index in [-0.39, 0.29) is 18.2 Å². The maximum Gasteiger partial charge on any atom is 0.181 e. The van der Waals surface area contributed by atoms with Crippen molar-refractivity contribution in [3.05, 3.63) is 35.7 Å². The summed E-state index contributed by atoms with van der Waals surface area (Å²) >= 11 is 0. The fourth-order valence-electron chi connectivity index (χ4n) is 3.39. The number of nitrogens with zero attached hydrogens (tertiary/aromatic N) is 3. The SMILES string of the molecule is Cc1noc(C)c1CN[C@H]1[C@H](O)[C@@H](n2ccnc2)[C@@H]2OC[C@H]1O2. The maximum atomic E-state index is 10.8. The molecule has 0 spiro atoms. The number of ether oxygens (including phenoxy) is 2. The van der Waals surface area contributed by atoms with Crippen LogP contribution in [0.25, 0.3) is 0 Å². The summed E-state index contributed by atoms with van der Waals surface area (Å²) in [6.07, 6.45) is 3.91. The van der Waals surface area contributed by atoms with Gasteiger partial charge in [0.15, 0.2) is 6.29 Å². The predicted octanol–water partition coefficient (Wildman–Crippen LogP) is 0.303. The molecule has 124 valence electrons. The van der Waals surface area contributed by atoms with Gasteiger partial charge in [-0.15, -0.1) is 0 Å². The molecular weight excluding hydrogens is 300 g/mol. The van der Waals surface area contributed by atoms with Gasteiger partial charge in [0.2, 0.25) is 0 Å². The number of aliphatic hydroxyl groups excluding tert-OH is 1. The van der Waals surface area contributed by atoms with Crippen LogP contribution in [0.15, 0.2) is 23.2 Å². The van der Waals surface area contributed by atoms with Crippen molar-refractivity contribution in [2.45, 2.75) is 51.0 Å². The lowest BCUT2D eigenvalue weighted by Crippen LogP contribution is -2.57. The van der Waals surface area contributed by atoms with Crippen LogP contribution in [0.3, 0.4) is 0 Å². The third kappa shape index (κ3) is 2.47. The molecule has 2 aromatic heterocycles. The van der Waals surface area contributed by atoms with Gasteiger partial charge in [-0.25, -0.2) is 4.98 Å². The smallest absolute Gasteiger partial charge is 0.181 e. The molecule has 2 aliphatic heterocycles. The van der Waals surface area contributed by atoms with E-state index in [1.54, 1.807) is 12.5 Å². The molecule has 2 bridgehead atoms. The van der Waals surface area contributed by atoms with E-state index in [1.807, 2.05) is 24.6 Å². The number of nitrogens with one attached hydrogen (secondary N) is 1. The predicted molar refractivity (Wildman–Crippen MR) is 78.5 cm³/mol. The van der Waals surface area contributed by atoms with Gasteiger partial charge in [-0.1, -0.05) is 5.16 Å². The quantitative estimate of drug-likeness (QED) is 0.837. The molecule has 4 rings (SSSR count). The minimum atomic E-state index is -0.643. The highest BCUT2D eigenvalue weighted by Gasteiger charge is 2.50. The zero-order valence-electron chi connectivity index (χ0n) is 13.0. The van der Waals surface area contributed by atoms with Gasteiger partial charge in [0, 0.05) is 24.5 Å². The summed E-state index contributed by atoms with van der Waals surface area (Å²) in [6.45, 7) is 4.81. The molecule has 0 aliphatic carbocycles. The first-order valence-corrected chi connectivity index (χ1v) is 7.73. The number of aryl methyl sites for hydroxylation is 2. The Balaban J connectivity index is 1.53. The van der Waals surface area contributed by atoms with Crippen LogP contribution in [-0.2, 0) is 16.0 Å². The number of fused-ring (bicyclic) bond motifs is 2. The van der Waals surface area contributed by atoms with Crippen LogP contribution in [0.2, 0.25) is 0 Å². The van der Waals surface area contributed by atoms with E-state index in [1.165, 1.54) is 0 Å². The normalized spacial score (nSPS) is 33.3. The molecule has 4 heterocycles. The largest absolute Gasteiger partial charge is 0.389 e. The minimum Gasteiger partial charge on any atom is -0.389 e. The second kappa shape index (κ2) is 5.72. The molecule has 0 unspecified atom stereocenters. The highest BCUT2D eigenvalue weighted by Crippen LogP contribution is 2.35. The summed E-state index contributed by atoms with van der Waals surface area (Å²) in [6, 6.07) is -0.562. The first-order chi connectivity index (χ1) is 11.1. The summed E-state index contributed by atoms with van der Waals surface area (Å²) in [5.41, 5.74) is 1.87. The Hall–Kier alpha value is -1.74. The molecule has 0 saturated carbocycles. The molecule has 5 atom stereocenters. The lowest BCUT2D eigenvalue weighted by atomic mass is 9.95. The third-order valence-electron chi connectivity index (χ3n) is 4.70. The average Bonchev–Trinajstić information content (AvgIpc) is 3.25. The molecule has 8 nitrogen and oxygen atoms in total. The van der Waals surface area contributed by atoms with Crippen molar-refractivity contribution in [1.29, 1.82) is 0 Å². The molecule has 2 N–H and O–H groups in total. The molecule has 2 aromatic rings. The van der Waals surface area contributed by atoms with Crippen molar-refractivity contribution in [2.75, 3.05) is 6.61 Å². The maximum absolute atomic E-state index is 10.8. The van der Waals surface area contributed by atoms with Gasteiger partial charge >= 0.3 is 0 Å². The topological polar surface area (TPSA) is 94.6 Å². The molecule has 2 saturated heterocycles. The van der Waals surface area contributed by atoms with Crippen LogP contribution < -0.4 is 5.32 Å². The summed E-state index contributed by atoms with van der Waals surface area (Å²) in [7, 11) is 0. The summed E-state index contributed by atoms with van der Waals surface area (Å²) in [5, 5.41) is 18.2. The van der Waals surface area contributed by atoms with Gasteiger partial charge in [0.05, 0.1) is 30.8 Å². The number of hydrogen-bond donors (Lipinski definition) is 2. The summed E-state index contributed by atoms with van der Waals surface area (Å²) in [4.78, 5) is 4.05. The fraction of sp³-hybridized carbons (Fsp3) is 0.600. The number of imidazole rings is 1. The van der Waals surface area contributed by atoms with E-state index in [0.29, 0.717) is 13.2 Å². The number of aromatic nitrogens is 3. The zero-order chi connectivity index (χ0) is 16.0. The molecule has 8 heteroatoms. The third-order valence-corrected chi connectivity index (χ3v) is 4.70. The second-order valence-electron chi connectivity index (χ2n) is 6.08. The van der Waals surface area contributed by atoms with Crippen LogP contribution >= 0.6 is 0 Å². The molecule has 23 heavy (non-hydrogen) atoms. The Morgan fingerprint density at radius 1 is 1.43 bits per heavy atom. The van der Waals surface area contributed by atoms with Gasteiger partial charge in [0.25, 0.3) is 0 Å². The first-order valence-electron chi connectivity index (χ1n) is 7.73. The van der Waals surface area contributed by atoms with Crippen LogP contribution in [0.1, 0.15) is 23.1 Å². The van der Waals surface area contributed by atoms with Crippen molar-refractivity contribution in [3.8, 4) is 0 Å². The van der Waals surface area contributed by atoms with Crippen LogP contribution in [0.4, 0.5) is 0 Å². The minimum absolute atomic E-state index is 0.171. The van der Waals surface area contributed by atoms with Gasteiger partial charge in [-0.3, -0.25) is 0 Å². The molecule has 0 aromatic carbocycles. The van der Waals surface area contributed by atoms with E-state index < -0.39 is 12.4 Å². The molecule has 2 aliphatic rings. The highest BCUT2D eigenvalue weighted by atomic mass is 16.7. The lowest BCUT2D eigenvalue weighted by Gasteiger charge is -2.39. The Labute approximate surface area is 133 Å². The monoisotopic (exact) mass is 320 g/mol. The van der Waals surface area contributed by atoms with Crippen LogP contribution in [-0.4, -0.2) is 51.0 Å². The Kier molecular flexibility index (Phi) is 3.68. The highest BCUT2D eigenvalue weighted by molar-refractivity contribution is 5.20. The molecule has 2 fully saturated rings. The van der Waals surface area contributed by atoms with Crippen molar-refractivity contribution < 1.29 is 19.1 Å². The van der Waals surface area contributed by atoms with E-state index in [4.69, 9.17) is 14.0 Å². The first kappa shape index (κ1) is 14.8. The van der Waals surface area contributed by atoms with Crippen molar-refractivity contribution in [1.82, 2.24) is 20.0 Å². The van der Waals surface area contributed by atoms with Crippen molar-refractivity contribution in [3.63, 3.8) is 0 Å². The average molecular weight is 320 g/mol. The lowest BCUT2D eigenvalue weighted by molar-refractivity contribution is -0.165. The van der Waals surface area contributed by atoms with Crippen molar-refractivity contribution in [2.24, 2.45) is 0 Å². The summed E-state index contributed by atoms with van der Waals surface area (Å²) < 4.78 is 18.6. The van der Waals surface area contributed by atoms with Gasteiger partial charge in [-0.05, 0) is 13.8 Å². The van der Waals surface area contributed by atoms with E-state index in [0.717, 1.165) is 17.0 Å². The molecular formula is C15H20N4O4. The number of hydrogen-bond acceptors (Lipinski definition) is 7. The van der Waals surface area contributed by atoms with Gasteiger partial charge < -0.3 is 29.0 Å². The standard InChI is InChI=1S/C15H20N4O4/c1-8-10(9(2)23-18-8)5-17-12-11-6-21-15(22-11)13(14(12)20)19-4-3-16-7-19/h3-4,7,11-15,17,20H,5-6H2,1-2H3/t11-,12-,13-,14+,15-/m1/s1. The summed E-state index contributed by atoms with van der Waals surface area (Å²) in [5.74, 6) is 0.785. The van der Waals surface area contributed by atoms with Crippen LogP contribution in [0, 0.1) is 13.8 Å². The Morgan fingerprint density at radius 3 is 3.00 bits per heavy atom. The van der Waals surface area contributed by atoms with Gasteiger partial charge in [0.1, 0.15) is 17.9 Å². The van der Waals surface area contributed by atoms with E-state index in [2.05, 4.69) is 15.5 Å². The second-order valence-corrected chi connectivity index (χ2v) is 6.08. The van der Waals surface area contributed by atoms with Crippen molar-refractivity contribution >= 4 is 0 Å². The molecule has 0 amide bonds. The fourth-order valence-corrected chi connectivity index (χ4v) is 3.39.